The van der Waals surface area contributed by atoms with Crippen molar-refractivity contribution in [2.45, 2.75) is 26.3 Å². The number of benzene rings is 1. The maximum atomic E-state index is 3.28. The molecule has 0 aliphatic carbocycles. The number of nitrogens with one attached hydrogen (secondary N) is 1. The molecule has 66 valence electrons. The standard InChI is InChI=1S/C11H17N/c1-9-5-7-10(8-6-9)11(2,3)12-4/h5-8,12H,1-4H3. The first-order valence-electron chi connectivity index (χ1n) is 4.32. The highest BCUT2D eigenvalue weighted by molar-refractivity contribution is 5.26. The lowest BCUT2D eigenvalue weighted by Crippen LogP contribution is -2.32. The van der Waals surface area contributed by atoms with Crippen LogP contribution in [0.25, 0.3) is 0 Å². The molecule has 1 aromatic carbocycles. The molecule has 0 aromatic heterocycles. The molecule has 0 aliphatic heterocycles. The SMILES string of the molecule is CNC(C)(C)c1ccc(C)cc1. The summed E-state index contributed by atoms with van der Waals surface area (Å²) in [4.78, 5) is 0. The topological polar surface area (TPSA) is 12.0 Å². The van der Waals surface area contributed by atoms with Crippen LogP contribution in [0.3, 0.4) is 0 Å². The average molecular weight is 163 g/mol. The van der Waals surface area contributed by atoms with E-state index in [0.29, 0.717) is 0 Å². The zero-order chi connectivity index (χ0) is 9.19. The molecule has 0 saturated carbocycles. The summed E-state index contributed by atoms with van der Waals surface area (Å²) in [7, 11) is 1.99. The smallest absolute Gasteiger partial charge is 0.0374 e. The van der Waals surface area contributed by atoms with E-state index in [0.717, 1.165) is 0 Å². The molecule has 0 unspecified atom stereocenters. The Kier molecular flexibility index (Phi) is 2.53. The zero-order valence-electron chi connectivity index (χ0n) is 8.31. The van der Waals surface area contributed by atoms with Gasteiger partial charge < -0.3 is 5.32 Å². The molecule has 0 amide bonds. The number of aryl methyl sites for hydroxylation is 1. The van der Waals surface area contributed by atoms with Crippen molar-refractivity contribution in [1.82, 2.24) is 5.32 Å². The quantitative estimate of drug-likeness (QED) is 0.706. The van der Waals surface area contributed by atoms with Crippen molar-refractivity contribution in [2.24, 2.45) is 0 Å². The second-order valence-electron chi connectivity index (χ2n) is 3.74. The summed E-state index contributed by atoms with van der Waals surface area (Å²) < 4.78 is 0. The lowest BCUT2D eigenvalue weighted by atomic mass is 9.94. The largest absolute Gasteiger partial charge is 0.311 e. The van der Waals surface area contributed by atoms with Crippen molar-refractivity contribution in [1.29, 1.82) is 0 Å². The van der Waals surface area contributed by atoms with E-state index in [1.807, 2.05) is 7.05 Å². The summed E-state index contributed by atoms with van der Waals surface area (Å²) >= 11 is 0. The molecule has 1 aromatic rings. The minimum Gasteiger partial charge on any atom is -0.311 e. The van der Waals surface area contributed by atoms with Crippen LogP contribution in [0.4, 0.5) is 0 Å². The van der Waals surface area contributed by atoms with Gasteiger partial charge in [0.25, 0.3) is 0 Å². The fourth-order valence-electron chi connectivity index (χ4n) is 1.11. The van der Waals surface area contributed by atoms with Crippen molar-refractivity contribution in [3.05, 3.63) is 35.4 Å². The second-order valence-corrected chi connectivity index (χ2v) is 3.74. The lowest BCUT2D eigenvalue weighted by molar-refractivity contribution is 0.444. The van der Waals surface area contributed by atoms with E-state index >= 15 is 0 Å². The minimum absolute atomic E-state index is 0.0771. The Balaban J connectivity index is 2.96. The van der Waals surface area contributed by atoms with Crippen LogP contribution >= 0.6 is 0 Å². The van der Waals surface area contributed by atoms with Crippen LogP contribution < -0.4 is 5.32 Å². The number of rotatable bonds is 2. The summed E-state index contributed by atoms with van der Waals surface area (Å²) in [6.45, 7) is 6.46. The van der Waals surface area contributed by atoms with Crippen LogP contribution in [0.1, 0.15) is 25.0 Å². The predicted octanol–water partition coefficient (Wildman–Crippen LogP) is 2.45. The molecule has 1 nitrogen and oxygen atoms in total. The Morgan fingerprint density at radius 2 is 1.58 bits per heavy atom. The Bertz CT molecular complexity index is 246. The van der Waals surface area contributed by atoms with Crippen LogP contribution in [0.2, 0.25) is 0 Å². The lowest BCUT2D eigenvalue weighted by Gasteiger charge is -2.24. The molecule has 0 bridgehead atoms. The van der Waals surface area contributed by atoms with Crippen LogP contribution in [0.15, 0.2) is 24.3 Å². The molecule has 0 saturated heterocycles. The molecule has 1 rings (SSSR count). The number of hydrogen-bond donors (Lipinski definition) is 1. The van der Waals surface area contributed by atoms with Crippen LogP contribution in [0.5, 0.6) is 0 Å². The normalized spacial score (nSPS) is 11.7. The monoisotopic (exact) mass is 163 g/mol. The van der Waals surface area contributed by atoms with Gasteiger partial charge in [-0.2, -0.15) is 0 Å². The highest BCUT2D eigenvalue weighted by atomic mass is 14.9. The molecule has 0 atom stereocenters. The van der Waals surface area contributed by atoms with Crippen LogP contribution in [-0.2, 0) is 5.54 Å². The molecule has 0 fully saturated rings. The first kappa shape index (κ1) is 9.27. The van der Waals surface area contributed by atoms with Crippen molar-refractivity contribution < 1.29 is 0 Å². The highest BCUT2D eigenvalue weighted by Crippen LogP contribution is 2.19. The maximum Gasteiger partial charge on any atom is 0.0374 e. The Hall–Kier alpha value is -0.820. The van der Waals surface area contributed by atoms with Crippen LogP contribution in [0, 0.1) is 6.92 Å². The minimum atomic E-state index is 0.0771. The van der Waals surface area contributed by atoms with Gasteiger partial charge in [-0.3, -0.25) is 0 Å². The van der Waals surface area contributed by atoms with Gasteiger partial charge >= 0.3 is 0 Å². The van der Waals surface area contributed by atoms with Gasteiger partial charge in [0.05, 0.1) is 0 Å². The van der Waals surface area contributed by atoms with E-state index in [4.69, 9.17) is 0 Å². The third kappa shape index (κ3) is 1.86. The Morgan fingerprint density at radius 3 is 2.00 bits per heavy atom. The van der Waals surface area contributed by atoms with E-state index in [-0.39, 0.29) is 5.54 Å². The maximum absolute atomic E-state index is 3.28. The molecule has 0 aliphatic rings. The van der Waals surface area contributed by atoms with E-state index < -0.39 is 0 Å². The molecule has 12 heavy (non-hydrogen) atoms. The van der Waals surface area contributed by atoms with Gasteiger partial charge in [-0.25, -0.2) is 0 Å². The Morgan fingerprint density at radius 1 is 1.08 bits per heavy atom. The molecule has 1 N–H and O–H groups in total. The van der Waals surface area contributed by atoms with Gasteiger partial charge in [0.15, 0.2) is 0 Å². The van der Waals surface area contributed by atoms with Gasteiger partial charge in [-0.15, -0.1) is 0 Å². The molecule has 0 radical (unpaired) electrons. The van der Waals surface area contributed by atoms with Gasteiger partial charge in [0.1, 0.15) is 0 Å². The predicted molar refractivity (Wildman–Crippen MR) is 53.3 cm³/mol. The van der Waals surface area contributed by atoms with Gasteiger partial charge in [0.2, 0.25) is 0 Å². The molecular formula is C11H17N. The molecule has 0 spiro atoms. The highest BCUT2D eigenvalue weighted by Gasteiger charge is 2.16. The van der Waals surface area contributed by atoms with Gasteiger partial charge in [-0.1, -0.05) is 29.8 Å². The van der Waals surface area contributed by atoms with Crippen molar-refractivity contribution in [2.75, 3.05) is 7.05 Å². The van der Waals surface area contributed by atoms with Crippen molar-refractivity contribution in [3.8, 4) is 0 Å². The fraction of sp³-hybridized carbons (Fsp3) is 0.455. The second kappa shape index (κ2) is 3.28. The van der Waals surface area contributed by atoms with E-state index in [2.05, 4.69) is 50.4 Å². The first-order chi connectivity index (χ1) is 5.56. The Labute approximate surface area is 74.8 Å². The average Bonchev–Trinajstić information content (AvgIpc) is 2.05. The van der Waals surface area contributed by atoms with Crippen molar-refractivity contribution in [3.63, 3.8) is 0 Å². The van der Waals surface area contributed by atoms with E-state index in [1.165, 1.54) is 11.1 Å². The number of hydrogen-bond acceptors (Lipinski definition) is 1. The fourth-order valence-corrected chi connectivity index (χ4v) is 1.11. The molecule has 0 heterocycles. The van der Waals surface area contributed by atoms with Crippen molar-refractivity contribution >= 4 is 0 Å². The summed E-state index contributed by atoms with van der Waals surface area (Å²) in [5.41, 5.74) is 2.72. The summed E-state index contributed by atoms with van der Waals surface area (Å²) in [6, 6.07) is 8.64. The summed E-state index contributed by atoms with van der Waals surface area (Å²) in [5.74, 6) is 0. The van der Waals surface area contributed by atoms with Gasteiger partial charge in [0, 0.05) is 5.54 Å². The third-order valence-electron chi connectivity index (χ3n) is 2.40. The summed E-state index contributed by atoms with van der Waals surface area (Å²) in [5, 5.41) is 3.28. The third-order valence-corrected chi connectivity index (χ3v) is 2.40. The summed E-state index contributed by atoms with van der Waals surface area (Å²) in [6.07, 6.45) is 0. The van der Waals surface area contributed by atoms with Crippen LogP contribution in [-0.4, -0.2) is 7.05 Å². The molecular weight excluding hydrogens is 146 g/mol. The zero-order valence-corrected chi connectivity index (χ0v) is 8.31. The first-order valence-corrected chi connectivity index (χ1v) is 4.32. The van der Waals surface area contributed by atoms with E-state index in [9.17, 15) is 0 Å². The van der Waals surface area contributed by atoms with E-state index in [1.54, 1.807) is 0 Å². The molecule has 1 heteroatoms. The van der Waals surface area contributed by atoms with Gasteiger partial charge in [-0.05, 0) is 33.4 Å².